The molecule has 5 N–H and O–H groups in total. The van der Waals surface area contributed by atoms with Crippen LogP contribution in [0.2, 0.25) is 0 Å². The van der Waals surface area contributed by atoms with Crippen molar-refractivity contribution in [3.05, 3.63) is 36.0 Å². The maximum atomic E-state index is 13.0. The van der Waals surface area contributed by atoms with Crippen molar-refractivity contribution in [3.8, 4) is 0 Å². The summed E-state index contributed by atoms with van der Waals surface area (Å²) in [4.78, 5) is 63.3. The number of carbonyl (C=O) groups is 5. The summed E-state index contributed by atoms with van der Waals surface area (Å²) in [5, 5.41) is 15.4. The van der Waals surface area contributed by atoms with Crippen LogP contribution in [0.5, 0.6) is 0 Å². The molecule has 1 aromatic heterocycles. The van der Waals surface area contributed by atoms with E-state index in [1.165, 1.54) is 14.0 Å². The fourth-order valence-corrected chi connectivity index (χ4v) is 3.23. The summed E-state index contributed by atoms with van der Waals surface area (Å²) in [5.74, 6) is -2.96. The number of H-pyrrole nitrogens is 1. The molecule has 0 fully saturated rings. The number of aromatic amines is 1. The van der Waals surface area contributed by atoms with Gasteiger partial charge in [-0.3, -0.25) is 24.0 Å². The summed E-state index contributed by atoms with van der Waals surface area (Å²) in [6, 6.07) is 5.34. The highest BCUT2D eigenvalue weighted by atomic mass is 16.5. The van der Waals surface area contributed by atoms with Gasteiger partial charge < -0.3 is 31.1 Å². The Hall–Kier alpha value is -4.02. The number of fused-ring (bicyclic) bond motifs is 1. The first-order valence-corrected chi connectivity index (χ1v) is 10.3. The number of aromatic nitrogens is 1. The zero-order valence-electron chi connectivity index (χ0n) is 18.4. The molecule has 2 aromatic rings. The first-order chi connectivity index (χ1) is 15.7. The average molecular weight is 457 g/mol. The highest BCUT2D eigenvalue weighted by molar-refractivity contribution is 6.26. The number of para-hydroxylation sites is 1. The number of benzene rings is 1. The molecule has 0 bridgehead atoms. The molecule has 2 rings (SSSR count). The van der Waals surface area contributed by atoms with Gasteiger partial charge in [-0.15, -0.1) is 0 Å². The largest absolute Gasteiger partial charge is 0.468 e. The molecule has 176 valence electrons. The fraction of sp³-hybridized carbons (Fsp3) is 0.364. The predicted molar refractivity (Wildman–Crippen MR) is 120 cm³/mol. The third-order valence-electron chi connectivity index (χ3n) is 4.90. The summed E-state index contributed by atoms with van der Waals surface area (Å²) < 4.78 is 4.48. The molecule has 11 heteroatoms. The summed E-state index contributed by atoms with van der Waals surface area (Å²) in [6.45, 7) is 0.865. The second-order valence-electron chi connectivity index (χ2n) is 7.32. The van der Waals surface area contributed by atoms with Crippen molar-refractivity contribution < 1.29 is 28.7 Å². The summed E-state index contributed by atoms with van der Waals surface area (Å²) in [6.07, 6.45) is 2.28. The summed E-state index contributed by atoms with van der Waals surface area (Å²) in [5.41, 5.74) is 1.67. The molecule has 0 unspecified atom stereocenters. The van der Waals surface area contributed by atoms with E-state index in [0.29, 0.717) is 6.21 Å². The lowest BCUT2D eigenvalue weighted by molar-refractivity contribution is -0.141. The Kier molecular flexibility index (Phi) is 9.28. The van der Waals surface area contributed by atoms with Gasteiger partial charge in [0.1, 0.15) is 18.6 Å². The number of hydrogen-bond donors (Lipinski definition) is 5. The Labute approximate surface area is 190 Å². The minimum atomic E-state index is -1.16. The monoisotopic (exact) mass is 457 g/mol. The van der Waals surface area contributed by atoms with Crippen molar-refractivity contribution in [2.75, 3.05) is 13.7 Å². The van der Waals surface area contributed by atoms with Crippen molar-refractivity contribution in [1.29, 1.82) is 5.41 Å². The average Bonchev–Trinajstić information content (AvgIpc) is 3.21. The zero-order valence-corrected chi connectivity index (χ0v) is 18.4. The highest BCUT2D eigenvalue weighted by Crippen LogP contribution is 2.19. The highest BCUT2D eigenvalue weighted by Gasteiger charge is 2.27. The van der Waals surface area contributed by atoms with Crippen LogP contribution in [0.15, 0.2) is 30.5 Å². The standard InChI is InChI=1S/C22H27N5O6/c1-13(28)26-19(9-14-11-24-17-6-4-3-5-16(14)17)22(32)27-18(8-7-15(29)10-23)21(31)25-12-20(30)33-2/h3-6,10-11,18-19,23-24H,7-9,12H2,1-2H3,(H,25,31)(H,26,28)(H,27,32)/t18-,19-/m0/s1. The Balaban J connectivity index is 2.18. The Bertz CT molecular complexity index is 1050. The van der Waals surface area contributed by atoms with Crippen molar-refractivity contribution >= 4 is 46.6 Å². The number of carbonyl (C=O) groups excluding carboxylic acids is 5. The molecule has 0 aliphatic heterocycles. The fourth-order valence-electron chi connectivity index (χ4n) is 3.23. The molecule has 1 heterocycles. The molecule has 0 saturated heterocycles. The molecule has 0 radical (unpaired) electrons. The Morgan fingerprint density at radius 1 is 1.09 bits per heavy atom. The van der Waals surface area contributed by atoms with E-state index in [4.69, 9.17) is 5.41 Å². The van der Waals surface area contributed by atoms with Crippen molar-refractivity contribution in [3.63, 3.8) is 0 Å². The first kappa shape index (κ1) is 25.2. The molecular formula is C22H27N5O6. The smallest absolute Gasteiger partial charge is 0.325 e. The van der Waals surface area contributed by atoms with Gasteiger partial charge in [-0.1, -0.05) is 18.2 Å². The van der Waals surface area contributed by atoms with Crippen LogP contribution in [0, 0.1) is 5.41 Å². The quantitative estimate of drug-likeness (QED) is 0.222. The second-order valence-corrected chi connectivity index (χ2v) is 7.32. The molecule has 0 aliphatic carbocycles. The molecule has 3 amide bonds. The van der Waals surface area contributed by atoms with E-state index in [1.54, 1.807) is 6.20 Å². The number of rotatable bonds is 12. The number of Topliss-reactive ketones (excluding diaryl/α,β-unsaturated/α-hetero) is 1. The molecular weight excluding hydrogens is 430 g/mol. The van der Waals surface area contributed by atoms with Gasteiger partial charge in [0.25, 0.3) is 0 Å². The SMILES string of the molecule is COC(=O)CNC(=O)[C@H](CCC(=O)C=N)NC(=O)[C@H](Cc1c[nH]c2ccccc12)NC(C)=O. The van der Waals surface area contributed by atoms with Gasteiger partial charge >= 0.3 is 5.97 Å². The maximum Gasteiger partial charge on any atom is 0.325 e. The molecule has 11 nitrogen and oxygen atoms in total. The van der Waals surface area contributed by atoms with Crippen molar-refractivity contribution in [2.24, 2.45) is 0 Å². The lowest BCUT2D eigenvalue weighted by Gasteiger charge is -2.22. The van der Waals surface area contributed by atoms with Crippen molar-refractivity contribution in [1.82, 2.24) is 20.9 Å². The van der Waals surface area contributed by atoms with E-state index >= 15 is 0 Å². The van der Waals surface area contributed by atoms with Crippen molar-refractivity contribution in [2.45, 2.75) is 38.3 Å². The van der Waals surface area contributed by atoms with Gasteiger partial charge in [-0.05, 0) is 18.1 Å². The van der Waals surface area contributed by atoms with Crippen LogP contribution >= 0.6 is 0 Å². The normalized spacial score (nSPS) is 12.3. The maximum absolute atomic E-state index is 13.0. The number of ketones is 1. The van der Waals surface area contributed by atoms with E-state index < -0.39 is 48.1 Å². The van der Waals surface area contributed by atoms with Gasteiger partial charge in [0.15, 0.2) is 5.78 Å². The van der Waals surface area contributed by atoms with E-state index in [-0.39, 0.29) is 19.3 Å². The molecule has 2 atom stereocenters. The predicted octanol–water partition coefficient (Wildman–Crippen LogP) is -0.0120. The third kappa shape index (κ3) is 7.56. The Morgan fingerprint density at radius 3 is 2.48 bits per heavy atom. The number of amides is 3. The van der Waals surface area contributed by atoms with E-state index in [2.05, 4.69) is 25.7 Å². The number of nitrogens with one attached hydrogen (secondary N) is 5. The lowest BCUT2D eigenvalue weighted by Crippen LogP contribution is -2.54. The topological polar surface area (TPSA) is 170 Å². The molecule has 33 heavy (non-hydrogen) atoms. The van der Waals surface area contributed by atoms with Crippen LogP contribution in [0.4, 0.5) is 0 Å². The minimum Gasteiger partial charge on any atom is -0.468 e. The van der Waals surface area contributed by atoms with E-state index in [9.17, 15) is 24.0 Å². The first-order valence-electron chi connectivity index (χ1n) is 10.3. The number of esters is 1. The van der Waals surface area contributed by atoms with Gasteiger partial charge in [0.2, 0.25) is 17.7 Å². The molecule has 1 aromatic carbocycles. The molecule has 0 spiro atoms. The third-order valence-corrected chi connectivity index (χ3v) is 4.90. The van der Waals surface area contributed by atoms with E-state index in [1.807, 2.05) is 24.3 Å². The van der Waals surface area contributed by atoms with Crippen LogP contribution < -0.4 is 16.0 Å². The van der Waals surface area contributed by atoms with Crippen LogP contribution in [0.25, 0.3) is 10.9 Å². The van der Waals surface area contributed by atoms with E-state index in [0.717, 1.165) is 16.5 Å². The molecule has 0 aliphatic rings. The zero-order chi connectivity index (χ0) is 24.4. The van der Waals surface area contributed by atoms with Crippen LogP contribution in [-0.2, 0) is 35.1 Å². The number of hydrogen-bond acceptors (Lipinski definition) is 7. The van der Waals surface area contributed by atoms with Crippen LogP contribution in [-0.4, -0.2) is 66.4 Å². The van der Waals surface area contributed by atoms with Gasteiger partial charge in [-0.2, -0.15) is 0 Å². The lowest BCUT2D eigenvalue weighted by atomic mass is 10.0. The number of methoxy groups -OCH3 is 1. The van der Waals surface area contributed by atoms with Gasteiger partial charge in [0, 0.05) is 36.9 Å². The number of ether oxygens (including phenoxy) is 1. The van der Waals surface area contributed by atoms with Gasteiger partial charge in [0.05, 0.1) is 13.3 Å². The minimum absolute atomic E-state index is 0.0904. The van der Waals surface area contributed by atoms with Crippen LogP contribution in [0.1, 0.15) is 25.3 Å². The summed E-state index contributed by atoms with van der Waals surface area (Å²) >= 11 is 0. The molecule has 0 saturated carbocycles. The Morgan fingerprint density at radius 2 is 1.82 bits per heavy atom. The summed E-state index contributed by atoms with van der Waals surface area (Å²) in [7, 11) is 1.17. The van der Waals surface area contributed by atoms with Gasteiger partial charge in [-0.25, -0.2) is 0 Å². The van der Waals surface area contributed by atoms with Crippen LogP contribution in [0.3, 0.4) is 0 Å². The second kappa shape index (κ2) is 12.1.